The number of allylic oxidation sites excluding steroid dienone is 3. The van der Waals surface area contributed by atoms with Gasteiger partial charge >= 0.3 is 0 Å². The molecule has 0 aliphatic carbocycles. The van der Waals surface area contributed by atoms with Crippen molar-refractivity contribution >= 4 is 5.91 Å². The van der Waals surface area contributed by atoms with Crippen LogP contribution in [0, 0.1) is 0 Å². The van der Waals surface area contributed by atoms with Crippen LogP contribution in [0.1, 0.15) is 226 Å². The molecule has 2 rings (SSSR count). The van der Waals surface area contributed by atoms with Crippen molar-refractivity contribution in [2.45, 2.75) is 299 Å². The molecule has 69 heavy (non-hydrogen) atoms. The Balaban J connectivity index is 1.62. The van der Waals surface area contributed by atoms with E-state index in [-0.39, 0.29) is 18.9 Å². The first-order valence-corrected chi connectivity index (χ1v) is 28.1. The minimum Gasteiger partial charge on any atom is -0.394 e. The van der Waals surface area contributed by atoms with Crippen LogP contribution in [0.4, 0.5) is 0 Å². The van der Waals surface area contributed by atoms with Gasteiger partial charge in [-0.05, 0) is 25.7 Å². The van der Waals surface area contributed by atoms with E-state index in [9.17, 15) is 45.6 Å². The van der Waals surface area contributed by atoms with Crippen LogP contribution in [0.2, 0.25) is 0 Å². The van der Waals surface area contributed by atoms with E-state index in [0.717, 1.165) is 38.5 Å². The second-order valence-corrected chi connectivity index (χ2v) is 20.1. The van der Waals surface area contributed by atoms with Crippen LogP contribution in [0.15, 0.2) is 24.3 Å². The molecular weight excluding hydrogens is 883 g/mol. The van der Waals surface area contributed by atoms with Crippen molar-refractivity contribution in [1.29, 1.82) is 0 Å². The number of carbonyl (C=O) groups excluding carboxylic acids is 1. The van der Waals surface area contributed by atoms with E-state index in [0.29, 0.717) is 12.8 Å². The molecule has 12 unspecified atom stereocenters. The molecule has 0 aromatic rings. The number of rotatable bonds is 44. The second-order valence-electron chi connectivity index (χ2n) is 20.1. The quantitative estimate of drug-likeness (QED) is 0.0206. The molecule has 2 aliphatic heterocycles. The number of carbonyl (C=O) groups is 1. The summed E-state index contributed by atoms with van der Waals surface area (Å²) in [5.74, 6) is -0.250. The van der Waals surface area contributed by atoms with Crippen LogP contribution in [-0.4, -0.2) is 140 Å². The first-order valence-electron chi connectivity index (χ1n) is 28.1. The van der Waals surface area contributed by atoms with Crippen LogP contribution in [0.5, 0.6) is 0 Å². The monoisotopic (exact) mass is 986 g/mol. The molecule has 0 spiro atoms. The average Bonchev–Trinajstić information content (AvgIpc) is 3.35. The Hall–Kier alpha value is -1.53. The van der Waals surface area contributed by atoms with Crippen LogP contribution >= 0.6 is 0 Å². The molecule has 12 atom stereocenters. The first kappa shape index (κ1) is 63.6. The van der Waals surface area contributed by atoms with E-state index in [1.54, 1.807) is 6.08 Å². The molecule has 2 saturated heterocycles. The lowest BCUT2D eigenvalue weighted by molar-refractivity contribution is -0.359. The van der Waals surface area contributed by atoms with Crippen LogP contribution in [0.3, 0.4) is 0 Å². The molecule has 14 heteroatoms. The topological polar surface area (TPSA) is 228 Å². The van der Waals surface area contributed by atoms with E-state index < -0.39 is 86.8 Å². The Labute approximate surface area is 418 Å². The van der Waals surface area contributed by atoms with Crippen LogP contribution in [-0.2, 0) is 23.7 Å². The highest BCUT2D eigenvalue weighted by Gasteiger charge is 2.51. The van der Waals surface area contributed by atoms with E-state index in [1.807, 2.05) is 6.08 Å². The van der Waals surface area contributed by atoms with Crippen molar-refractivity contribution in [3.63, 3.8) is 0 Å². The van der Waals surface area contributed by atoms with Gasteiger partial charge in [0, 0.05) is 6.42 Å². The zero-order chi connectivity index (χ0) is 50.3. The molecule has 0 aromatic carbocycles. The predicted octanol–water partition coefficient (Wildman–Crippen LogP) is 8.50. The van der Waals surface area contributed by atoms with Crippen LogP contribution in [0.25, 0.3) is 0 Å². The Morgan fingerprint density at radius 2 is 0.928 bits per heavy atom. The normalized spacial score (nSPS) is 26.3. The molecule has 2 aliphatic rings. The molecule has 0 radical (unpaired) electrons. The predicted molar refractivity (Wildman–Crippen MR) is 272 cm³/mol. The zero-order valence-corrected chi connectivity index (χ0v) is 43.3. The maximum Gasteiger partial charge on any atom is 0.220 e. The lowest BCUT2D eigenvalue weighted by Crippen LogP contribution is -2.65. The first-order chi connectivity index (χ1) is 33.6. The van der Waals surface area contributed by atoms with Crippen LogP contribution < -0.4 is 5.32 Å². The minimum absolute atomic E-state index is 0.250. The smallest absolute Gasteiger partial charge is 0.220 e. The highest BCUT2D eigenvalue weighted by molar-refractivity contribution is 5.76. The largest absolute Gasteiger partial charge is 0.394 e. The number of amides is 1. The van der Waals surface area contributed by atoms with E-state index in [4.69, 9.17) is 18.9 Å². The summed E-state index contributed by atoms with van der Waals surface area (Å²) in [6.07, 6.45) is 31.5. The second kappa shape index (κ2) is 41.9. The number of aliphatic hydroxyl groups is 8. The number of unbranched alkanes of at least 4 members (excludes halogenated alkanes) is 29. The number of hydrogen-bond acceptors (Lipinski definition) is 13. The standard InChI is InChI=1S/C55H103NO13/c1-3-5-7-9-11-12-13-14-15-16-17-18-19-20-21-22-23-24-25-26-27-28-29-30-31-33-35-37-39-47(60)56-43(44(59)38-36-34-32-10-8-6-4-2)42-66-54-52(65)50(63)53(46(41-58)68-54)69-55-51(64)49(62)48(61)45(40-57)67-55/h8,10,36,38,43-46,48-55,57-59,61-65H,3-7,9,11-35,37,39-42H2,1-2H3,(H,56,60)/b10-8+,38-36+. The minimum atomic E-state index is -1.79. The molecule has 406 valence electrons. The van der Waals surface area contributed by atoms with Gasteiger partial charge < -0.3 is 65.1 Å². The van der Waals surface area contributed by atoms with Crippen molar-refractivity contribution in [3.05, 3.63) is 24.3 Å². The molecule has 0 aromatic heterocycles. The van der Waals surface area contributed by atoms with Gasteiger partial charge in [0.25, 0.3) is 0 Å². The number of aliphatic hydroxyl groups excluding tert-OH is 8. The fourth-order valence-corrected chi connectivity index (χ4v) is 9.32. The maximum atomic E-state index is 13.1. The summed E-state index contributed by atoms with van der Waals surface area (Å²) in [7, 11) is 0. The third-order valence-electron chi connectivity index (χ3n) is 13.9. The van der Waals surface area contributed by atoms with Gasteiger partial charge in [0.1, 0.15) is 48.8 Å². The lowest BCUT2D eigenvalue weighted by atomic mass is 9.97. The molecule has 0 saturated carbocycles. The van der Waals surface area contributed by atoms with Gasteiger partial charge in [-0.1, -0.05) is 218 Å². The van der Waals surface area contributed by atoms with Crippen molar-refractivity contribution in [2.24, 2.45) is 0 Å². The SMILES string of the molecule is CCC/C=C/CC/C=C/C(O)C(COC1OC(CO)C(OC2OC(CO)C(O)C(O)C2O)C(O)C1O)NC(=O)CCCCCCCCCCCCCCCCCCCCCCCCCCCCCC. The molecule has 0 bridgehead atoms. The van der Waals surface area contributed by atoms with Gasteiger partial charge in [-0.25, -0.2) is 0 Å². The van der Waals surface area contributed by atoms with Gasteiger partial charge in [0.05, 0.1) is 32.0 Å². The van der Waals surface area contributed by atoms with Crippen molar-refractivity contribution in [2.75, 3.05) is 19.8 Å². The lowest BCUT2D eigenvalue weighted by Gasteiger charge is -2.46. The molecule has 1 amide bonds. The summed E-state index contributed by atoms with van der Waals surface area (Å²) in [4.78, 5) is 13.1. The highest BCUT2D eigenvalue weighted by atomic mass is 16.7. The zero-order valence-electron chi connectivity index (χ0n) is 43.3. The van der Waals surface area contributed by atoms with Crippen molar-refractivity contribution < 1.29 is 64.6 Å². The Morgan fingerprint density at radius 3 is 1.39 bits per heavy atom. The molecule has 14 nitrogen and oxygen atoms in total. The van der Waals surface area contributed by atoms with E-state index in [1.165, 1.54) is 154 Å². The number of ether oxygens (including phenoxy) is 4. The average molecular weight is 986 g/mol. The highest BCUT2D eigenvalue weighted by Crippen LogP contribution is 2.30. The summed E-state index contributed by atoms with van der Waals surface area (Å²) in [6, 6.07) is -0.924. The maximum absolute atomic E-state index is 13.1. The molecule has 9 N–H and O–H groups in total. The van der Waals surface area contributed by atoms with Gasteiger partial charge in [0.15, 0.2) is 12.6 Å². The fraction of sp³-hybridized carbons (Fsp3) is 0.909. The Bertz CT molecular complexity index is 1260. The van der Waals surface area contributed by atoms with Crippen molar-refractivity contribution in [3.8, 4) is 0 Å². The summed E-state index contributed by atoms with van der Waals surface area (Å²) in [6.45, 7) is 2.67. The third-order valence-corrected chi connectivity index (χ3v) is 13.9. The van der Waals surface area contributed by atoms with Crippen molar-refractivity contribution in [1.82, 2.24) is 5.32 Å². The van der Waals surface area contributed by atoms with E-state index >= 15 is 0 Å². The third kappa shape index (κ3) is 28.5. The Morgan fingerprint density at radius 1 is 0.507 bits per heavy atom. The fourth-order valence-electron chi connectivity index (χ4n) is 9.32. The number of nitrogens with one attached hydrogen (secondary N) is 1. The molecule has 2 fully saturated rings. The molecule has 2 heterocycles. The van der Waals surface area contributed by atoms with Gasteiger partial charge in [-0.2, -0.15) is 0 Å². The van der Waals surface area contributed by atoms with Gasteiger partial charge in [-0.3, -0.25) is 4.79 Å². The summed E-state index contributed by atoms with van der Waals surface area (Å²) < 4.78 is 22.6. The molecular formula is C55H103NO13. The Kier molecular flexibility index (Phi) is 38.6. The summed E-state index contributed by atoms with van der Waals surface area (Å²) in [5.41, 5.74) is 0. The number of hydrogen-bond donors (Lipinski definition) is 9. The summed E-state index contributed by atoms with van der Waals surface area (Å²) >= 11 is 0. The van der Waals surface area contributed by atoms with Gasteiger partial charge in [0.2, 0.25) is 5.91 Å². The van der Waals surface area contributed by atoms with Gasteiger partial charge in [-0.15, -0.1) is 0 Å². The summed E-state index contributed by atoms with van der Waals surface area (Å²) in [5, 5.41) is 86.4. The van der Waals surface area contributed by atoms with E-state index in [2.05, 4.69) is 31.3 Å².